The predicted molar refractivity (Wildman–Crippen MR) is 65.6 cm³/mol. The summed E-state index contributed by atoms with van der Waals surface area (Å²) < 4.78 is 1.24. The third kappa shape index (κ3) is 1.84. The lowest BCUT2D eigenvalue weighted by atomic mass is 9.96. The molecule has 1 aromatic heterocycles. The van der Waals surface area contributed by atoms with Crippen molar-refractivity contribution >= 4 is 21.6 Å². The van der Waals surface area contributed by atoms with Crippen LogP contribution in [0.5, 0.6) is 0 Å². The van der Waals surface area contributed by atoms with Gasteiger partial charge in [-0.15, -0.1) is 11.3 Å². The predicted octanol–water partition coefficient (Wildman–Crippen LogP) is 2.08. The van der Waals surface area contributed by atoms with E-state index in [4.69, 9.17) is 0 Å². The highest BCUT2D eigenvalue weighted by molar-refractivity contribution is 7.16. The Morgan fingerprint density at radius 2 is 2.31 bits per heavy atom. The van der Waals surface area contributed by atoms with Crippen molar-refractivity contribution in [2.75, 3.05) is 6.54 Å². The van der Waals surface area contributed by atoms with Gasteiger partial charge in [0.1, 0.15) is 0 Å². The number of piperidine rings is 1. The number of β-amino-alcohol motifs (C(OH)–C–C–N with tert-alkyl or cyclic N) is 1. The number of benzene rings is 1. The summed E-state index contributed by atoms with van der Waals surface area (Å²) in [7, 11) is 0. The van der Waals surface area contributed by atoms with Gasteiger partial charge in [0, 0.05) is 12.6 Å². The number of thiazole rings is 1. The summed E-state index contributed by atoms with van der Waals surface area (Å²) in [6.07, 6.45) is 1.70. The molecule has 0 aliphatic carbocycles. The quantitative estimate of drug-likeness (QED) is 0.794. The number of aliphatic hydroxyl groups is 1. The van der Waals surface area contributed by atoms with E-state index >= 15 is 0 Å². The van der Waals surface area contributed by atoms with Gasteiger partial charge in [0.25, 0.3) is 0 Å². The van der Waals surface area contributed by atoms with Crippen molar-refractivity contribution in [2.24, 2.45) is 0 Å². The summed E-state index contributed by atoms with van der Waals surface area (Å²) in [6, 6.07) is 6.82. The fourth-order valence-electron chi connectivity index (χ4n) is 2.22. The maximum Gasteiger partial charge on any atom is 0.0815 e. The van der Waals surface area contributed by atoms with Crippen molar-refractivity contribution in [3.8, 4) is 0 Å². The van der Waals surface area contributed by atoms with Crippen LogP contribution in [0.1, 0.15) is 24.4 Å². The van der Waals surface area contributed by atoms with Crippen LogP contribution in [-0.4, -0.2) is 22.7 Å². The Kier molecular flexibility index (Phi) is 2.63. The Hall–Kier alpha value is -0.970. The third-order valence-electron chi connectivity index (χ3n) is 3.15. The average molecular weight is 234 g/mol. The molecule has 2 N–H and O–H groups in total. The van der Waals surface area contributed by atoms with Gasteiger partial charge in [-0.2, -0.15) is 0 Å². The molecule has 3 rings (SSSR count). The molecule has 84 valence electrons. The van der Waals surface area contributed by atoms with Gasteiger partial charge in [-0.25, -0.2) is 4.98 Å². The second-order valence-electron chi connectivity index (χ2n) is 4.27. The highest BCUT2D eigenvalue weighted by atomic mass is 32.1. The zero-order chi connectivity index (χ0) is 11.0. The first-order valence-electron chi connectivity index (χ1n) is 5.57. The van der Waals surface area contributed by atoms with Crippen molar-refractivity contribution in [2.45, 2.75) is 25.0 Å². The van der Waals surface area contributed by atoms with Gasteiger partial charge in [0.05, 0.1) is 21.8 Å². The summed E-state index contributed by atoms with van der Waals surface area (Å²) >= 11 is 1.67. The normalized spacial score (nSPS) is 26.1. The smallest absolute Gasteiger partial charge is 0.0815 e. The molecule has 2 aromatic rings. The molecule has 1 aliphatic rings. The molecule has 0 bridgehead atoms. The molecule has 0 radical (unpaired) electrons. The molecule has 3 nitrogen and oxygen atoms in total. The van der Waals surface area contributed by atoms with Crippen LogP contribution in [0.25, 0.3) is 10.2 Å². The van der Waals surface area contributed by atoms with Crippen LogP contribution in [0.15, 0.2) is 23.7 Å². The zero-order valence-electron chi connectivity index (χ0n) is 8.89. The van der Waals surface area contributed by atoms with Gasteiger partial charge in [0.2, 0.25) is 0 Å². The Balaban J connectivity index is 1.87. The molecular formula is C12H14N2OS. The molecule has 2 atom stereocenters. The van der Waals surface area contributed by atoms with E-state index in [2.05, 4.69) is 28.5 Å². The Morgan fingerprint density at radius 3 is 3.12 bits per heavy atom. The van der Waals surface area contributed by atoms with E-state index in [0.29, 0.717) is 12.6 Å². The summed E-state index contributed by atoms with van der Waals surface area (Å²) in [4.78, 5) is 4.33. The zero-order valence-corrected chi connectivity index (χ0v) is 9.70. The van der Waals surface area contributed by atoms with Crippen molar-refractivity contribution in [3.63, 3.8) is 0 Å². The summed E-state index contributed by atoms with van der Waals surface area (Å²) in [5.41, 5.74) is 4.24. The maximum atomic E-state index is 9.44. The number of fused-ring (bicyclic) bond motifs is 1. The number of nitrogens with one attached hydrogen (secondary N) is 1. The number of aliphatic hydroxyl groups excluding tert-OH is 1. The third-order valence-corrected chi connectivity index (χ3v) is 3.96. The van der Waals surface area contributed by atoms with E-state index in [-0.39, 0.29) is 6.10 Å². The van der Waals surface area contributed by atoms with Crippen molar-refractivity contribution < 1.29 is 5.11 Å². The van der Waals surface area contributed by atoms with Crippen LogP contribution in [0.4, 0.5) is 0 Å². The number of hydrogen-bond donors (Lipinski definition) is 2. The molecule has 2 unspecified atom stereocenters. The first kappa shape index (κ1) is 10.2. The second-order valence-corrected chi connectivity index (χ2v) is 5.16. The average Bonchev–Trinajstić information content (AvgIpc) is 2.77. The minimum Gasteiger partial charge on any atom is -0.392 e. The van der Waals surface area contributed by atoms with Crippen LogP contribution in [0.2, 0.25) is 0 Å². The molecule has 0 saturated carbocycles. The lowest BCUT2D eigenvalue weighted by molar-refractivity contribution is 0.126. The summed E-state index contributed by atoms with van der Waals surface area (Å²) in [5.74, 6) is 0. The van der Waals surface area contributed by atoms with Crippen molar-refractivity contribution in [1.82, 2.24) is 10.3 Å². The van der Waals surface area contributed by atoms with Crippen LogP contribution in [0, 0.1) is 0 Å². The monoisotopic (exact) mass is 234 g/mol. The van der Waals surface area contributed by atoms with Gasteiger partial charge < -0.3 is 10.4 Å². The van der Waals surface area contributed by atoms with E-state index in [1.54, 1.807) is 11.3 Å². The minimum absolute atomic E-state index is 0.181. The van der Waals surface area contributed by atoms with Gasteiger partial charge in [-0.3, -0.25) is 0 Å². The number of rotatable bonds is 1. The summed E-state index contributed by atoms with van der Waals surface area (Å²) in [6.45, 7) is 0.694. The second kappa shape index (κ2) is 4.13. The fourth-order valence-corrected chi connectivity index (χ4v) is 2.88. The number of aromatic nitrogens is 1. The molecule has 1 saturated heterocycles. The van der Waals surface area contributed by atoms with Gasteiger partial charge in [-0.05, 0) is 30.5 Å². The Bertz CT molecular complexity index is 488. The van der Waals surface area contributed by atoms with Gasteiger partial charge in [0.15, 0.2) is 0 Å². The van der Waals surface area contributed by atoms with E-state index in [9.17, 15) is 5.11 Å². The van der Waals surface area contributed by atoms with Crippen molar-refractivity contribution in [1.29, 1.82) is 0 Å². The van der Waals surface area contributed by atoms with Crippen molar-refractivity contribution in [3.05, 3.63) is 29.3 Å². The topological polar surface area (TPSA) is 45.2 Å². The highest BCUT2D eigenvalue weighted by Crippen LogP contribution is 2.27. The van der Waals surface area contributed by atoms with Crippen LogP contribution in [0.3, 0.4) is 0 Å². The van der Waals surface area contributed by atoms with Crippen LogP contribution < -0.4 is 5.32 Å². The van der Waals surface area contributed by atoms with Crippen LogP contribution >= 0.6 is 11.3 Å². The lowest BCUT2D eigenvalue weighted by Crippen LogP contribution is -2.36. The molecule has 0 spiro atoms. The molecule has 0 amide bonds. The molecule has 4 heteroatoms. The fraction of sp³-hybridized carbons (Fsp3) is 0.417. The maximum absolute atomic E-state index is 9.44. The molecule has 1 fully saturated rings. The molecule has 2 heterocycles. The molecule has 1 aromatic carbocycles. The van der Waals surface area contributed by atoms with E-state index in [0.717, 1.165) is 18.4 Å². The van der Waals surface area contributed by atoms with E-state index < -0.39 is 0 Å². The first-order chi connectivity index (χ1) is 7.83. The number of hydrogen-bond acceptors (Lipinski definition) is 4. The van der Waals surface area contributed by atoms with E-state index in [1.165, 1.54) is 10.3 Å². The van der Waals surface area contributed by atoms with Gasteiger partial charge in [-0.1, -0.05) is 6.07 Å². The lowest BCUT2D eigenvalue weighted by Gasteiger charge is -2.27. The number of nitrogens with zero attached hydrogens (tertiary/aromatic N) is 1. The van der Waals surface area contributed by atoms with Gasteiger partial charge >= 0.3 is 0 Å². The Morgan fingerprint density at radius 1 is 1.38 bits per heavy atom. The molecular weight excluding hydrogens is 220 g/mol. The SMILES string of the molecule is OC1CCC(c2ccc3scnc3c2)NC1. The summed E-state index contributed by atoms with van der Waals surface area (Å²) in [5, 5.41) is 12.8. The molecule has 1 aliphatic heterocycles. The minimum atomic E-state index is -0.181. The standard InChI is InChI=1S/C12H14N2OS/c15-9-2-3-10(13-6-9)8-1-4-12-11(5-8)14-7-16-12/h1,4-5,7,9-10,13,15H,2-3,6H2. The first-order valence-corrected chi connectivity index (χ1v) is 6.45. The van der Waals surface area contributed by atoms with E-state index in [1.807, 2.05) is 5.51 Å². The highest BCUT2D eigenvalue weighted by Gasteiger charge is 2.20. The molecule has 16 heavy (non-hydrogen) atoms. The Labute approximate surface area is 98.1 Å². The van der Waals surface area contributed by atoms with Crippen LogP contribution in [-0.2, 0) is 0 Å². The largest absolute Gasteiger partial charge is 0.392 e.